The molecule has 0 radical (unpaired) electrons. The molecule has 1 saturated heterocycles. The maximum Gasteiger partial charge on any atom is 0.332 e. The van der Waals surface area contributed by atoms with Gasteiger partial charge in [-0.25, -0.2) is 4.79 Å². The van der Waals surface area contributed by atoms with Gasteiger partial charge in [0.05, 0.1) is 32.3 Å². The predicted molar refractivity (Wildman–Crippen MR) is 166 cm³/mol. The first kappa shape index (κ1) is 31.6. The van der Waals surface area contributed by atoms with E-state index in [1.165, 1.54) is 22.3 Å². The Bertz CT molecular complexity index is 1480. The molecule has 2 N–H and O–H groups in total. The molecular weight excluding hydrogens is 560 g/mol. The van der Waals surface area contributed by atoms with Crippen molar-refractivity contribution >= 4 is 17.8 Å². The highest BCUT2D eigenvalue weighted by atomic mass is 16.5. The van der Waals surface area contributed by atoms with Gasteiger partial charge in [-0.05, 0) is 96.9 Å². The lowest BCUT2D eigenvalue weighted by Crippen LogP contribution is -2.47. The molecule has 3 aliphatic rings. The third-order valence-corrected chi connectivity index (χ3v) is 10.1. The fourth-order valence-corrected chi connectivity index (χ4v) is 7.63. The van der Waals surface area contributed by atoms with Crippen LogP contribution in [0.1, 0.15) is 78.1 Å². The van der Waals surface area contributed by atoms with Gasteiger partial charge in [-0.15, -0.1) is 0 Å². The number of piperidine rings is 1. The smallest absolute Gasteiger partial charge is 0.332 e. The average molecular weight is 605 g/mol. The molecule has 0 saturated carbocycles. The number of benzene rings is 2. The van der Waals surface area contributed by atoms with Crippen LogP contribution in [0.4, 0.5) is 0 Å². The Morgan fingerprint density at radius 3 is 2.23 bits per heavy atom. The summed E-state index contributed by atoms with van der Waals surface area (Å²) in [6.07, 6.45) is 4.61. The van der Waals surface area contributed by atoms with Crippen LogP contribution in [0.25, 0.3) is 0 Å². The highest BCUT2D eigenvalue weighted by Crippen LogP contribution is 2.48. The van der Waals surface area contributed by atoms with Crippen LogP contribution in [0, 0.1) is 25.7 Å². The summed E-state index contributed by atoms with van der Waals surface area (Å²) in [7, 11) is 3.19. The SMILES string of the molecule is CCC1CN2CCc3cc(C)c(C)cc3C2CC1CC1c2cc(OC)c(OC)cc2CCN1C(=O)/C=C(/CC(=O)O)C(=O)O. The highest BCUT2D eigenvalue weighted by Gasteiger charge is 2.41. The van der Waals surface area contributed by atoms with Crippen molar-refractivity contribution < 1.29 is 34.1 Å². The largest absolute Gasteiger partial charge is 0.493 e. The number of aliphatic carboxylic acids is 2. The maximum atomic E-state index is 13.8. The summed E-state index contributed by atoms with van der Waals surface area (Å²) >= 11 is 0. The number of aryl methyl sites for hydroxylation is 2. The first-order valence-electron chi connectivity index (χ1n) is 15.6. The van der Waals surface area contributed by atoms with Crippen LogP contribution >= 0.6 is 0 Å². The van der Waals surface area contributed by atoms with Crippen LogP contribution in [0.5, 0.6) is 11.5 Å². The van der Waals surface area contributed by atoms with Gasteiger partial charge in [0.2, 0.25) is 5.91 Å². The number of ether oxygens (including phenoxy) is 2. The molecule has 4 unspecified atom stereocenters. The van der Waals surface area contributed by atoms with E-state index in [0.29, 0.717) is 48.8 Å². The molecule has 9 heteroatoms. The minimum Gasteiger partial charge on any atom is -0.493 e. The molecule has 1 amide bonds. The summed E-state index contributed by atoms with van der Waals surface area (Å²) in [6.45, 7) is 9.03. The molecule has 0 spiro atoms. The minimum absolute atomic E-state index is 0.315. The Morgan fingerprint density at radius 1 is 0.909 bits per heavy atom. The van der Waals surface area contributed by atoms with E-state index in [1.54, 1.807) is 19.1 Å². The number of rotatable bonds is 9. The number of amides is 1. The summed E-state index contributed by atoms with van der Waals surface area (Å²) in [4.78, 5) is 41.3. The number of hydrogen-bond acceptors (Lipinski definition) is 6. The average Bonchev–Trinajstić information content (AvgIpc) is 3.00. The molecule has 3 heterocycles. The second kappa shape index (κ2) is 13.0. The number of carbonyl (C=O) groups is 3. The molecule has 0 bridgehead atoms. The van der Waals surface area contributed by atoms with E-state index in [0.717, 1.165) is 49.6 Å². The number of hydrogen-bond donors (Lipinski definition) is 2. The summed E-state index contributed by atoms with van der Waals surface area (Å²) in [6, 6.07) is 8.65. The van der Waals surface area contributed by atoms with Gasteiger partial charge in [-0.2, -0.15) is 0 Å². The van der Waals surface area contributed by atoms with Gasteiger partial charge in [0, 0.05) is 31.8 Å². The van der Waals surface area contributed by atoms with Gasteiger partial charge in [-0.1, -0.05) is 25.5 Å². The molecule has 0 aliphatic carbocycles. The molecule has 44 heavy (non-hydrogen) atoms. The van der Waals surface area contributed by atoms with Crippen LogP contribution in [0.15, 0.2) is 35.9 Å². The van der Waals surface area contributed by atoms with E-state index in [2.05, 4.69) is 37.8 Å². The number of carbonyl (C=O) groups excluding carboxylic acids is 1. The Kier molecular flexibility index (Phi) is 9.34. The Labute approximate surface area is 259 Å². The first-order valence-corrected chi connectivity index (χ1v) is 15.6. The van der Waals surface area contributed by atoms with Crippen molar-refractivity contribution in [1.29, 1.82) is 0 Å². The predicted octanol–water partition coefficient (Wildman–Crippen LogP) is 5.27. The molecule has 236 valence electrons. The minimum atomic E-state index is -1.40. The number of nitrogens with zero attached hydrogens (tertiary/aromatic N) is 2. The lowest BCUT2D eigenvalue weighted by atomic mass is 9.71. The van der Waals surface area contributed by atoms with Crippen LogP contribution in [-0.4, -0.2) is 71.7 Å². The van der Waals surface area contributed by atoms with Crippen molar-refractivity contribution in [3.05, 3.63) is 69.3 Å². The lowest BCUT2D eigenvalue weighted by Gasteiger charge is -2.49. The third-order valence-electron chi connectivity index (χ3n) is 10.1. The van der Waals surface area contributed by atoms with Gasteiger partial charge < -0.3 is 24.6 Å². The maximum absolute atomic E-state index is 13.8. The summed E-state index contributed by atoms with van der Waals surface area (Å²) in [5, 5.41) is 18.9. The van der Waals surface area contributed by atoms with Crippen molar-refractivity contribution in [2.24, 2.45) is 11.8 Å². The number of carboxylic acid groups (broad SMARTS) is 2. The van der Waals surface area contributed by atoms with Crippen molar-refractivity contribution in [3.8, 4) is 11.5 Å². The molecule has 3 aliphatic heterocycles. The van der Waals surface area contributed by atoms with E-state index in [1.807, 2.05) is 12.1 Å². The van der Waals surface area contributed by atoms with Crippen molar-refractivity contribution in [1.82, 2.24) is 9.80 Å². The molecule has 5 rings (SSSR count). The monoisotopic (exact) mass is 604 g/mol. The standard InChI is InChI=1S/C35H44N2O7/c1-6-22-19-36-9-7-23-11-20(2)21(3)12-27(23)29(36)13-25(22)14-30-28-18-32(44-5)31(43-4)15-24(28)8-10-37(30)33(38)16-26(35(41)42)17-34(39)40/h11-12,15-16,18,22,25,29-30H,6-10,13-14,17,19H2,1-5H3,(H,39,40)(H,41,42)/b26-16-. The van der Waals surface area contributed by atoms with Gasteiger partial charge in [0.15, 0.2) is 11.5 Å². The molecule has 0 aromatic heterocycles. The van der Waals surface area contributed by atoms with Crippen LogP contribution in [-0.2, 0) is 27.2 Å². The molecular formula is C35H44N2O7. The number of carboxylic acids is 2. The Morgan fingerprint density at radius 2 is 1.57 bits per heavy atom. The van der Waals surface area contributed by atoms with E-state index >= 15 is 0 Å². The van der Waals surface area contributed by atoms with Crippen molar-refractivity contribution in [2.45, 2.75) is 71.4 Å². The van der Waals surface area contributed by atoms with Crippen molar-refractivity contribution in [3.63, 3.8) is 0 Å². The second-order valence-electron chi connectivity index (χ2n) is 12.5. The first-order chi connectivity index (χ1) is 21.0. The van der Waals surface area contributed by atoms with E-state index < -0.39 is 29.8 Å². The summed E-state index contributed by atoms with van der Waals surface area (Å²) in [5.74, 6) is -1.21. The van der Waals surface area contributed by atoms with E-state index in [9.17, 15) is 24.6 Å². The Hall–Kier alpha value is -3.85. The van der Waals surface area contributed by atoms with Crippen molar-refractivity contribution in [2.75, 3.05) is 33.9 Å². The summed E-state index contributed by atoms with van der Waals surface area (Å²) < 4.78 is 11.2. The second-order valence-corrected chi connectivity index (χ2v) is 12.5. The fraction of sp³-hybridized carbons (Fsp3) is 0.514. The number of methoxy groups -OCH3 is 2. The van der Waals surface area contributed by atoms with Crippen LogP contribution in [0.2, 0.25) is 0 Å². The highest BCUT2D eigenvalue weighted by molar-refractivity contribution is 6.00. The zero-order chi connectivity index (χ0) is 31.7. The van der Waals surface area contributed by atoms with Crippen LogP contribution < -0.4 is 9.47 Å². The third kappa shape index (κ3) is 6.20. The van der Waals surface area contributed by atoms with Gasteiger partial charge in [0.25, 0.3) is 0 Å². The van der Waals surface area contributed by atoms with Gasteiger partial charge in [-0.3, -0.25) is 14.5 Å². The number of fused-ring (bicyclic) bond motifs is 4. The molecule has 4 atom stereocenters. The molecule has 1 fully saturated rings. The van der Waals surface area contributed by atoms with E-state index in [4.69, 9.17) is 9.47 Å². The molecule has 9 nitrogen and oxygen atoms in total. The molecule has 2 aromatic rings. The zero-order valence-electron chi connectivity index (χ0n) is 26.4. The topological polar surface area (TPSA) is 117 Å². The van der Waals surface area contributed by atoms with E-state index in [-0.39, 0.29) is 6.04 Å². The van der Waals surface area contributed by atoms with Crippen LogP contribution in [0.3, 0.4) is 0 Å². The summed E-state index contributed by atoms with van der Waals surface area (Å²) in [5.41, 5.74) is 7.10. The van der Waals surface area contributed by atoms with Gasteiger partial charge >= 0.3 is 11.9 Å². The normalized spacial score (nSPS) is 23.3. The molecule has 2 aromatic carbocycles. The lowest BCUT2D eigenvalue weighted by molar-refractivity contribution is -0.139. The quantitative estimate of drug-likeness (QED) is 0.372. The fourth-order valence-electron chi connectivity index (χ4n) is 7.63. The zero-order valence-corrected chi connectivity index (χ0v) is 26.4. The Balaban J connectivity index is 1.54. The van der Waals surface area contributed by atoms with Gasteiger partial charge in [0.1, 0.15) is 0 Å².